The van der Waals surface area contributed by atoms with Crippen LogP contribution in [0.3, 0.4) is 0 Å². The number of hydrogen-bond acceptors (Lipinski definition) is 4. The lowest BCUT2D eigenvalue weighted by Gasteiger charge is -2.21. The third-order valence-corrected chi connectivity index (χ3v) is 4.88. The molecule has 0 spiro atoms. The Labute approximate surface area is 115 Å². The Morgan fingerprint density at radius 2 is 2.11 bits per heavy atom. The van der Waals surface area contributed by atoms with E-state index in [-0.39, 0.29) is 15.5 Å². The number of halogens is 1. The van der Waals surface area contributed by atoms with Crippen LogP contribution in [0.2, 0.25) is 5.02 Å². The van der Waals surface area contributed by atoms with Gasteiger partial charge in [0.15, 0.2) is 0 Å². The summed E-state index contributed by atoms with van der Waals surface area (Å²) in [5.41, 5.74) is 0.148. The Bertz CT molecular complexity index is 651. The number of nitrogens with zero attached hydrogens (tertiary/aromatic N) is 2. The molecule has 1 aromatic rings. The molecular formula is C11H11ClN2O4S. The average molecular weight is 303 g/mol. The molecule has 102 valence electrons. The highest BCUT2D eigenvalue weighted by atomic mass is 35.5. The molecule has 0 saturated carbocycles. The Morgan fingerprint density at radius 1 is 1.53 bits per heavy atom. The summed E-state index contributed by atoms with van der Waals surface area (Å²) in [7, 11) is -2.81. The summed E-state index contributed by atoms with van der Waals surface area (Å²) in [6, 6.07) is 4.21. The number of carboxylic acid groups (broad SMARTS) is 1. The summed E-state index contributed by atoms with van der Waals surface area (Å²) in [6.07, 6.45) is 0. The summed E-state index contributed by atoms with van der Waals surface area (Å²) in [6.45, 7) is 1.26. The molecule has 19 heavy (non-hydrogen) atoms. The summed E-state index contributed by atoms with van der Waals surface area (Å²) in [5, 5.41) is 17.5. The van der Waals surface area contributed by atoms with Crippen molar-refractivity contribution < 1.29 is 18.3 Å². The Morgan fingerprint density at radius 3 is 2.53 bits per heavy atom. The van der Waals surface area contributed by atoms with E-state index in [4.69, 9.17) is 22.0 Å². The van der Waals surface area contributed by atoms with Gasteiger partial charge in [-0.25, -0.2) is 8.42 Å². The van der Waals surface area contributed by atoms with Crippen molar-refractivity contribution in [2.45, 2.75) is 17.9 Å². The van der Waals surface area contributed by atoms with Crippen molar-refractivity contribution in [1.82, 2.24) is 4.31 Å². The number of benzene rings is 1. The summed E-state index contributed by atoms with van der Waals surface area (Å²) < 4.78 is 25.0. The minimum Gasteiger partial charge on any atom is -0.480 e. The standard InChI is InChI=1S/C11H11ClN2O4S/c1-7(11(15)16)14(2)19(17,18)9-4-3-8(6-13)10(12)5-9/h3-5,7H,1-2H3,(H,15,16). The van der Waals surface area contributed by atoms with E-state index in [1.807, 2.05) is 6.07 Å². The van der Waals surface area contributed by atoms with Crippen LogP contribution < -0.4 is 0 Å². The molecule has 0 saturated heterocycles. The summed E-state index contributed by atoms with van der Waals surface area (Å²) >= 11 is 5.76. The van der Waals surface area contributed by atoms with E-state index in [1.54, 1.807) is 0 Å². The topological polar surface area (TPSA) is 98.5 Å². The summed E-state index contributed by atoms with van der Waals surface area (Å²) in [4.78, 5) is 10.7. The average Bonchev–Trinajstić information content (AvgIpc) is 2.36. The number of nitriles is 1. The Balaban J connectivity index is 3.25. The van der Waals surface area contributed by atoms with Crippen LogP contribution in [0.4, 0.5) is 0 Å². The largest absolute Gasteiger partial charge is 0.480 e. The van der Waals surface area contributed by atoms with Crippen LogP contribution in [0.15, 0.2) is 23.1 Å². The van der Waals surface area contributed by atoms with E-state index in [0.717, 1.165) is 10.4 Å². The molecule has 0 aliphatic carbocycles. The molecule has 8 heteroatoms. The smallest absolute Gasteiger partial charge is 0.321 e. The van der Waals surface area contributed by atoms with Crippen molar-refractivity contribution in [2.75, 3.05) is 7.05 Å². The van der Waals surface area contributed by atoms with Gasteiger partial charge >= 0.3 is 5.97 Å². The molecule has 0 amide bonds. The molecule has 1 N–H and O–H groups in total. The first-order valence-corrected chi connectivity index (χ1v) is 6.94. The van der Waals surface area contributed by atoms with Gasteiger partial charge in [-0.3, -0.25) is 4.79 Å². The number of hydrogen-bond donors (Lipinski definition) is 1. The van der Waals surface area contributed by atoms with Crippen LogP contribution in [0, 0.1) is 11.3 Å². The third kappa shape index (κ3) is 3.04. The lowest BCUT2D eigenvalue weighted by molar-refractivity contribution is -0.140. The molecule has 1 unspecified atom stereocenters. The maximum atomic E-state index is 12.2. The van der Waals surface area contributed by atoms with Crippen LogP contribution in [-0.4, -0.2) is 36.9 Å². The van der Waals surface area contributed by atoms with Crippen LogP contribution in [-0.2, 0) is 14.8 Å². The van der Waals surface area contributed by atoms with Crippen LogP contribution in [0.25, 0.3) is 0 Å². The number of carboxylic acids is 1. The van der Waals surface area contributed by atoms with Gasteiger partial charge in [-0.2, -0.15) is 9.57 Å². The maximum absolute atomic E-state index is 12.2. The molecule has 0 bridgehead atoms. The van der Waals surface area contributed by atoms with Crippen molar-refractivity contribution in [3.63, 3.8) is 0 Å². The maximum Gasteiger partial charge on any atom is 0.321 e. The lowest BCUT2D eigenvalue weighted by atomic mass is 10.2. The van der Waals surface area contributed by atoms with Gasteiger partial charge < -0.3 is 5.11 Å². The first-order valence-electron chi connectivity index (χ1n) is 5.12. The monoisotopic (exact) mass is 302 g/mol. The fourth-order valence-corrected chi connectivity index (χ4v) is 2.91. The lowest BCUT2D eigenvalue weighted by Crippen LogP contribution is -2.40. The van der Waals surface area contributed by atoms with E-state index >= 15 is 0 Å². The van der Waals surface area contributed by atoms with Crippen molar-refractivity contribution in [2.24, 2.45) is 0 Å². The highest BCUT2D eigenvalue weighted by Gasteiger charge is 2.29. The van der Waals surface area contributed by atoms with Gasteiger partial charge in [-0.05, 0) is 25.1 Å². The van der Waals surface area contributed by atoms with E-state index < -0.39 is 22.0 Å². The zero-order valence-electron chi connectivity index (χ0n) is 10.2. The number of aliphatic carboxylic acids is 1. The number of sulfonamides is 1. The second kappa shape index (κ2) is 5.57. The molecule has 0 heterocycles. The number of likely N-dealkylation sites (N-methyl/N-ethyl adjacent to an activating group) is 1. The highest BCUT2D eigenvalue weighted by molar-refractivity contribution is 7.89. The van der Waals surface area contributed by atoms with E-state index in [1.165, 1.54) is 26.1 Å². The van der Waals surface area contributed by atoms with Gasteiger partial charge in [-0.1, -0.05) is 11.6 Å². The van der Waals surface area contributed by atoms with Crippen LogP contribution in [0.5, 0.6) is 0 Å². The van der Waals surface area contributed by atoms with Crippen molar-refractivity contribution >= 4 is 27.6 Å². The molecule has 6 nitrogen and oxygen atoms in total. The minimum absolute atomic E-state index is 0.0000435. The zero-order chi connectivity index (χ0) is 14.8. The predicted octanol–water partition coefficient (Wildman–Crippen LogP) is 1.31. The quantitative estimate of drug-likeness (QED) is 0.904. The minimum atomic E-state index is -3.97. The molecule has 0 aliphatic rings. The second-order valence-corrected chi connectivity index (χ2v) is 6.19. The van der Waals surface area contributed by atoms with E-state index in [9.17, 15) is 13.2 Å². The van der Waals surface area contributed by atoms with Crippen molar-refractivity contribution in [3.05, 3.63) is 28.8 Å². The number of rotatable bonds is 4. The van der Waals surface area contributed by atoms with E-state index in [2.05, 4.69) is 0 Å². The van der Waals surface area contributed by atoms with Crippen molar-refractivity contribution in [1.29, 1.82) is 5.26 Å². The second-order valence-electron chi connectivity index (χ2n) is 3.79. The van der Waals surface area contributed by atoms with Crippen LogP contribution in [0.1, 0.15) is 12.5 Å². The molecule has 0 aromatic heterocycles. The molecule has 0 aliphatic heterocycles. The van der Waals surface area contributed by atoms with Gasteiger partial charge in [0.25, 0.3) is 0 Å². The van der Waals surface area contributed by atoms with Gasteiger partial charge in [0.05, 0.1) is 15.5 Å². The fraction of sp³-hybridized carbons (Fsp3) is 0.273. The molecule has 0 radical (unpaired) electrons. The Hall–Kier alpha value is -1.62. The first kappa shape index (κ1) is 15.4. The number of carbonyl (C=O) groups is 1. The fourth-order valence-electron chi connectivity index (χ4n) is 1.28. The van der Waals surface area contributed by atoms with Crippen LogP contribution >= 0.6 is 11.6 Å². The van der Waals surface area contributed by atoms with Gasteiger partial charge in [-0.15, -0.1) is 0 Å². The zero-order valence-corrected chi connectivity index (χ0v) is 11.7. The van der Waals surface area contributed by atoms with Gasteiger partial charge in [0.1, 0.15) is 12.1 Å². The van der Waals surface area contributed by atoms with Crippen molar-refractivity contribution in [3.8, 4) is 6.07 Å². The predicted molar refractivity (Wildman–Crippen MR) is 68.2 cm³/mol. The summed E-state index contributed by atoms with van der Waals surface area (Å²) in [5.74, 6) is -1.26. The molecule has 0 fully saturated rings. The van der Waals surface area contributed by atoms with Gasteiger partial charge in [0, 0.05) is 7.05 Å². The molecule has 1 rings (SSSR count). The molecular weight excluding hydrogens is 292 g/mol. The molecule has 1 aromatic carbocycles. The highest BCUT2D eigenvalue weighted by Crippen LogP contribution is 2.23. The SMILES string of the molecule is CC(C(=O)O)N(C)S(=O)(=O)c1ccc(C#N)c(Cl)c1. The third-order valence-electron chi connectivity index (χ3n) is 2.64. The van der Waals surface area contributed by atoms with Gasteiger partial charge in [0.2, 0.25) is 10.0 Å². The first-order chi connectivity index (χ1) is 8.71. The van der Waals surface area contributed by atoms with E-state index in [0.29, 0.717) is 0 Å². The normalized spacial score (nSPS) is 13.0. The molecule has 1 atom stereocenters. The Kier molecular flexibility index (Phi) is 4.52.